The maximum atomic E-state index is 11.3. The van der Waals surface area contributed by atoms with E-state index in [9.17, 15) is 9.70 Å². The van der Waals surface area contributed by atoms with Crippen LogP contribution in [0.3, 0.4) is 0 Å². The Labute approximate surface area is 121 Å². The highest BCUT2D eigenvalue weighted by Crippen LogP contribution is 2.27. The van der Waals surface area contributed by atoms with E-state index in [1.165, 1.54) is 0 Å². The van der Waals surface area contributed by atoms with Crippen molar-refractivity contribution >= 4 is 12.0 Å². The van der Waals surface area contributed by atoms with Crippen molar-refractivity contribution in [1.82, 2.24) is 9.78 Å². The molecule has 1 saturated heterocycles. The fourth-order valence-electron chi connectivity index (χ4n) is 2.48. The van der Waals surface area contributed by atoms with Gasteiger partial charge in [0.25, 0.3) is 0 Å². The molecule has 0 bridgehead atoms. The lowest BCUT2D eigenvalue weighted by Gasteiger charge is -2.22. The Kier molecular flexibility index (Phi) is 3.87. The number of rotatable bonds is 4. The molecule has 0 spiro atoms. The van der Waals surface area contributed by atoms with Gasteiger partial charge in [0.1, 0.15) is 17.6 Å². The molecule has 2 heterocycles. The van der Waals surface area contributed by atoms with Gasteiger partial charge in [0.05, 0.1) is 5.56 Å². The number of aldehydes is 1. The number of benzene rings is 1. The summed E-state index contributed by atoms with van der Waals surface area (Å²) in [6.45, 7) is 0.718. The summed E-state index contributed by atoms with van der Waals surface area (Å²) < 4.78 is 7.39. The Morgan fingerprint density at radius 1 is 1.29 bits per heavy atom. The van der Waals surface area contributed by atoms with Crippen LogP contribution in [0.2, 0.25) is 0 Å². The van der Waals surface area contributed by atoms with E-state index in [1.54, 1.807) is 35.1 Å². The van der Waals surface area contributed by atoms with Crippen molar-refractivity contribution in [1.29, 1.82) is 0 Å². The molecular formula is C15H15N3O3. The number of carbonyl (C=O) groups excluding carboxylic acids is 1. The number of ether oxygens (including phenoxy) is 1. The van der Waals surface area contributed by atoms with Crippen molar-refractivity contribution in [3.8, 4) is 11.3 Å². The highest BCUT2D eigenvalue weighted by atomic mass is 16.5. The SMILES string of the molecule is O=Cc1cn(C2CCCCO2)nc1-c1ccc(N=O)cc1. The zero-order valence-corrected chi connectivity index (χ0v) is 11.4. The van der Waals surface area contributed by atoms with Gasteiger partial charge in [-0.25, -0.2) is 4.68 Å². The van der Waals surface area contributed by atoms with Gasteiger partial charge >= 0.3 is 0 Å². The van der Waals surface area contributed by atoms with E-state index in [-0.39, 0.29) is 6.23 Å². The fourth-order valence-corrected chi connectivity index (χ4v) is 2.48. The molecule has 1 fully saturated rings. The molecule has 1 unspecified atom stereocenters. The van der Waals surface area contributed by atoms with Gasteiger partial charge in [0.15, 0.2) is 6.29 Å². The van der Waals surface area contributed by atoms with Crippen LogP contribution in [-0.4, -0.2) is 22.7 Å². The summed E-state index contributed by atoms with van der Waals surface area (Å²) in [6.07, 6.45) is 5.44. The minimum atomic E-state index is -0.109. The summed E-state index contributed by atoms with van der Waals surface area (Å²) in [5, 5.41) is 7.34. The van der Waals surface area contributed by atoms with Crippen molar-refractivity contribution < 1.29 is 9.53 Å². The van der Waals surface area contributed by atoms with E-state index in [2.05, 4.69) is 10.3 Å². The largest absolute Gasteiger partial charge is 0.357 e. The molecule has 0 N–H and O–H groups in total. The van der Waals surface area contributed by atoms with Crippen molar-refractivity contribution in [3.05, 3.63) is 40.9 Å². The third-order valence-electron chi connectivity index (χ3n) is 3.58. The van der Waals surface area contributed by atoms with Crippen molar-refractivity contribution in [2.24, 2.45) is 5.18 Å². The standard InChI is InChI=1S/C15H15N3O3/c19-10-12-9-18(14-3-1-2-8-21-14)16-15(12)11-4-6-13(17-20)7-5-11/h4-7,9-10,14H,1-3,8H2. The lowest BCUT2D eigenvalue weighted by atomic mass is 10.1. The third-order valence-corrected chi connectivity index (χ3v) is 3.58. The van der Waals surface area contributed by atoms with Crippen LogP contribution in [-0.2, 0) is 4.74 Å². The quantitative estimate of drug-likeness (QED) is 0.637. The summed E-state index contributed by atoms with van der Waals surface area (Å²) in [5.74, 6) is 0. The summed E-state index contributed by atoms with van der Waals surface area (Å²) in [7, 11) is 0. The molecule has 0 aliphatic carbocycles. The predicted molar refractivity (Wildman–Crippen MR) is 77.3 cm³/mol. The molecule has 21 heavy (non-hydrogen) atoms. The van der Waals surface area contributed by atoms with Crippen molar-refractivity contribution in [2.45, 2.75) is 25.5 Å². The lowest BCUT2D eigenvalue weighted by Crippen LogP contribution is -2.18. The summed E-state index contributed by atoms with van der Waals surface area (Å²) >= 11 is 0. The molecule has 3 rings (SSSR count). The second-order valence-corrected chi connectivity index (χ2v) is 4.99. The Hall–Kier alpha value is -2.34. The van der Waals surface area contributed by atoms with E-state index in [0.717, 1.165) is 37.7 Å². The molecule has 6 nitrogen and oxygen atoms in total. The van der Waals surface area contributed by atoms with Gasteiger partial charge in [-0.2, -0.15) is 5.10 Å². The highest BCUT2D eigenvalue weighted by molar-refractivity contribution is 5.85. The van der Waals surface area contributed by atoms with Gasteiger partial charge in [-0.15, -0.1) is 4.91 Å². The Bertz CT molecular complexity index is 643. The molecular weight excluding hydrogens is 270 g/mol. The van der Waals surface area contributed by atoms with Crippen LogP contribution in [0.4, 0.5) is 5.69 Å². The zero-order valence-electron chi connectivity index (χ0n) is 11.4. The second kappa shape index (κ2) is 5.97. The van der Waals surface area contributed by atoms with Crippen LogP contribution in [0.5, 0.6) is 0 Å². The molecule has 6 heteroatoms. The van der Waals surface area contributed by atoms with E-state index in [1.807, 2.05) is 0 Å². The van der Waals surface area contributed by atoms with Crippen LogP contribution in [0.15, 0.2) is 35.6 Å². The minimum absolute atomic E-state index is 0.109. The molecule has 1 aliphatic heterocycles. The van der Waals surface area contributed by atoms with Gasteiger partial charge in [0.2, 0.25) is 0 Å². The molecule has 0 saturated carbocycles. The predicted octanol–water partition coefficient (Wildman–Crippen LogP) is 3.46. The normalized spacial score (nSPS) is 18.4. The maximum Gasteiger partial charge on any atom is 0.153 e. The number of hydrogen-bond donors (Lipinski definition) is 0. The zero-order chi connectivity index (χ0) is 14.7. The molecule has 1 aromatic carbocycles. The Morgan fingerprint density at radius 3 is 2.71 bits per heavy atom. The Balaban J connectivity index is 1.94. The van der Waals surface area contributed by atoms with Gasteiger partial charge in [0, 0.05) is 18.4 Å². The fraction of sp³-hybridized carbons (Fsp3) is 0.333. The van der Waals surface area contributed by atoms with Gasteiger partial charge in [-0.3, -0.25) is 4.79 Å². The molecule has 1 aromatic heterocycles. The first-order valence-electron chi connectivity index (χ1n) is 6.91. The molecule has 2 aromatic rings. The first-order chi connectivity index (χ1) is 10.3. The number of aromatic nitrogens is 2. The summed E-state index contributed by atoms with van der Waals surface area (Å²) in [5.41, 5.74) is 2.23. The lowest BCUT2D eigenvalue weighted by molar-refractivity contribution is -0.0393. The highest BCUT2D eigenvalue weighted by Gasteiger charge is 2.19. The maximum absolute atomic E-state index is 11.3. The number of nitroso groups, excluding NO2 is 1. The molecule has 0 radical (unpaired) electrons. The van der Waals surface area contributed by atoms with E-state index >= 15 is 0 Å². The van der Waals surface area contributed by atoms with Crippen molar-refractivity contribution in [3.63, 3.8) is 0 Å². The Morgan fingerprint density at radius 2 is 2.10 bits per heavy atom. The summed E-state index contributed by atoms with van der Waals surface area (Å²) in [4.78, 5) is 21.7. The second-order valence-electron chi connectivity index (χ2n) is 4.99. The smallest absolute Gasteiger partial charge is 0.153 e. The van der Waals surface area contributed by atoms with Crippen LogP contribution >= 0.6 is 0 Å². The van der Waals surface area contributed by atoms with E-state index < -0.39 is 0 Å². The number of nitrogens with zero attached hydrogens (tertiary/aromatic N) is 3. The number of carbonyl (C=O) groups is 1. The summed E-state index contributed by atoms with van der Waals surface area (Å²) in [6, 6.07) is 6.68. The molecule has 108 valence electrons. The van der Waals surface area contributed by atoms with Crippen LogP contribution in [0, 0.1) is 4.91 Å². The van der Waals surface area contributed by atoms with Crippen molar-refractivity contribution in [2.75, 3.05) is 6.61 Å². The molecule has 1 atom stereocenters. The van der Waals surface area contributed by atoms with Gasteiger partial charge in [-0.1, -0.05) is 12.1 Å². The first kappa shape index (κ1) is 13.6. The minimum Gasteiger partial charge on any atom is -0.357 e. The van der Waals surface area contributed by atoms with Crippen LogP contribution in [0.1, 0.15) is 35.8 Å². The van der Waals surface area contributed by atoms with Crippen LogP contribution < -0.4 is 0 Å². The average Bonchev–Trinajstić information content (AvgIpc) is 3.00. The molecule has 0 amide bonds. The van der Waals surface area contributed by atoms with E-state index in [0.29, 0.717) is 16.9 Å². The average molecular weight is 285 g/mol. The first-order valence-corrected chi connectivity index (χ1v) is 6.91. The van der Waals surface area contributed by atoms with E-state index in [4.69, 9.17) is 4.74 Å². The van der Waals surface area contributed by atoms with Crippen LogP contribution in [0.25, 0.3) is 11.3 Å². The third kappa shape index (κ3) is 2.75. The molecule has 1 aliphatic rings. The monoisotopic (exact) mass is 285 g/mol. The number of hydrogen-bond acceptors (Lipinski definition) is 5. The van der Waals surface area contributed by atoms with Gasteiger partial charge in [-0.05, 0) is 36.6 Å². The van der Waals surface area contributed by atoms with Gasteiger partial charge < -0.3 is 4.74 Å². The topological polar surface area (TPSA) is 73.6 Å².